The quantitative estimate of drug-likeness (QED) is 0.760. The molecule has 1 aromatic rings. The Balaban J connectivity index is 2.86. The van der Waals surface area contributed by atoms with E-state index in [1.165, 1.54) is 38.3 Å². The van der Waals surface area contributed by atoms with Crippen LogP contribution in [-0.2, 0) is 4.74 Å². The summed E-state index contributed by atoms with van der Waals surface area (Å²) in [4.78, 5) is 11.0. The fourth-order valence-corrected chi connectivity index (χ4v) is 1.48. The summed E-state index contributed by atoms with van der Waals surface area (Å²) >= 11 is 0. The molecule has 94 valence electrons. The van der Waals surface area contributed by atoms with Crippen LogP contribution in [0.2, 0.25) is 0 Å². The molecule has 0 aliphatic rings. The molecule has 0 amide bonds. The normalized spacial score (nSPS) is 13.5. The molecule has 0 bridgehead atoms. The molecule has 0 N–H and O–H groups in total. The Hall–Kier alpha value is -1.36. The van der Waals surface area contributed by atoms with Crippen molar-refractivity contribution in [2.45, 2.75) is 25.6 Å². The Morgan fingerprint density at radius 3 is 2.18 bits per heavy atom. The highest BCUT2D eigenvalue weighted by atomic mass is 19.4. The van der Waals surface area contributed by atoms with Gasteiger partial charge in [-0.1, -0.05) is 24.3 Å². The number of hydrogen-bond donors (Lipinski definition) is 0. The topological polar surface area (TPSA) is 26.3 Å². The second kappa shape index (κ2) is 5.31. The van der Waals surface area contributed by atoms with E-state index >= 15 is 0 Å². The van der Waals surface area contributed by atoms with Gasteiger partial charge in [-0.25, -0.2) is 0 Å². The zero-order chi connectivity index (χ0) is 13.1. The van der Waals surface area contributed by atoms with E-state index in [2.05, 4.69) is 0 Å². The summed E-state index contributed by atoms with van der Waals surface area (Å²) in [6, 6.07) is 5.97. The summed E-state index contributed by atoms with van der Waals surface area (Å²) in [5.41, 5.74) is 0.880. The lowest BCUT2D eigenvalue weighted by Gasteiger charge is -2.17. The van der Waals surface area contributed by atoms with Crippen molar-refractivity contribution in [2.75, 3.05) is 7.11 Å². The van der Waals surface area contributed by atoms with Gasteiger partial charge >= 0.3 is 6.18 Å². The third-order valence-electron chi connectivity index (χ3n) is 2.39. The van der Waals surface area contributed by atoms with Crippen LogP contribution in [0.15, 0.2) is 24.3 Å². The molecule has 1 atom stereocenters. The summed E-state index contributed by atoms with van der Waals surface area (Å²) in [5, 5.41) is 0. The molecule has 0 aliphatic carbocycles. The molecular weight excluding hydrogens is 233 g/mol. The Labute approximate surface area is 97.4 Å². The molecule has 1 unspecified atom stereocenters. The van der Waals surface area contributed by atoms with Gasteiger partial charge in [-0.15, -0.1) is 0 Å². The van der Waals surface area contributed by atoms with Crippen molar-refractivity contribution in [2.24, 2.45) is 0 Å². The number of ether oxygens (including phenoxy) is 1. The Morgan fingerprint density at radius 2 is 1.82 bits per heavy atom. The predicted molar refractivity (Wildman–Crippen MR) is 56.9 cm³/mol. The van der Waals surface area contributed by atoms with Crippen molar-refractivity contribution >= 4 is 5.78 Å². The Morgan fingerprint density at radius 1 is 1.29 bits per heavy atom. The number of rotatable bonds is 4. The van der Waals surface area contributed by atoms with Gasteiger partial charge in [0.25, 0.3) is 0 Å². The number of alkyl halides is 3. The van der Waals surface area contributed by atoms with Crippen molar-refractivity contribution in [1.29, 1.82) is 0 Å². The molecule has 2 nitrogen and oxygen atoms in total. The minimum atomic E-state index is -4.28. The standard InChI is InChI=1S/C12H13F3O2/c1-8(16)9-3-5-10(6-4-9)11(17-2)7-12(13,14)15/h3-6,11H,7H2,1-2H3. The smallest absolute Gasteiger partial charge is 0.376 e. The van der Waals surface area contributed by atoms with Crippen LogP contribution < -0.4 is 0 Å². The molecule has 0 saturated heterocycles. The summed E-state index contributed by atoms with van der Waals surface area (Å²) < 4.78 is 41.6. The molecule has 0 aliphatic heterocycles. The first-order valence-corrected chi connectivity index (χ1v) is 5.04. The van der Waals surface area contributed by atoms with Gasteiger partial charge in [0.2, 0.25) is 0 Å². The second-order valence-corrected chi connectivity index (χ2v) is 3.72. The Kier molecular flexibility index (Phi) is 4.28. The monoisotopic (exact) mass is 246 g/mol. The van der Waals surface area contributed by atoms with Crippen LogP contribution in [-0.4, -0.2) is 19.1 Å². The maximum atomic E-state index is 12.3. The lowest BCUT2D eigenvalue weighted by molar-refractivity contribution is -0.158. The average Bonchev–Trinajstić information content (AvgIpc) is 2.25. The fourth-order valence-electron chi connectivity index (χ4n) is 1.48. The highest BCUT2D eigenvalue weighted by Gasteiger charge is 2.32. The molecule has 0 heterocycles. The lowest BCUT2D eigenvalue weighted by Crippen LogP contribution is -2.15. The molecule has 5 heteroatoms. The lowest BCUT2D eigenvalue weighted by atomic mass is 10.0. The van der Waals surface area contributed by atoms with Crippen molar-refractivity contribution in [3.8, 4) is 0 Å². The van der Waals surface area contributed by atoms with E-state index in [9.17, 15) is 18.0 Å². The summed E-state index contributed by atoms with van der Waals surface area (Å²) in [7, 11) is 1.23. The fraction of sp³-hybridized carbons (Fsp3) is 0.417. The zero-order valence-corrected chi connectivity index (χ0v) is 9.54. The van der Waals surface area contributed by atoms with Crippen LogP contribution in [0.1, 0.15) is 35.4 Å². The van der Waals surface area contributed by atoms with Crippen molar-refractivity contribution < 1.29 is 22.7 Å². The number of carbonyl (C=O) groups excluding carboxylic acids is 1. The molecule has 0 saturated carbocycles. The summed E-state index contributed by atoms with van der Waals surface area (Å²) in [6.45, 7) is 1.40. The third kappa shape index (κ3) is 4.19. The summed E-state index contributed by atoms with van der Waals surface area (Å²) in [6.07, 6.45) is -6.35. The van der Waals surface area contributed by atoms with E-state index in [0.29, 0.717) is 11.1 Å². The van der Waals surface area contributed by atoms with Crippen LogP contribution in [0.5, 0.6) is 0 Å². The minimum Gasteiger partial charge on any atom is -0.376 e. The molecular formula is C12H13F3O2. The Bertz CT molecular complexity index is 382. The van der Waals surface area contributed by atoms with Crippen molar-refractivity contribution in [3.63, 3.8) is 0 Å². The molecule has 0 radical (unpaired) electrons. The van der Waals surface area contributed by atoms with E-state index in [1.54, 1.807) is 0 Å². The van der Waals surface area contributed by atoms with Gasteiger partial charge in [0.1, 0.15) is 0 Å². The average molecular weight is 246 g/mol. The third-order valence-corrected chi connectivity index (χ3v) is 2.39. The van der Waals surface area contributed by atoms with Crippen LogP contribution in [0.4, 0.5) is 13.2 Å². The van der Waals surface area contributed by atoms with E-state index in [4.69, 9.17) is 4.74 Å². The number of Topliss-reactive ketones (excluding diaryl/α,β-unsaturated/α-hetero) is 1. The number of ketones is 1. The van der Waals surface area contributed by atoms with Crippen molar-refractivity contribution in [3.05, 3.63) is 35.4 Å². The highest BCUT2D eigenvalue weighted by Crippen LogP contribution is 2.31. The first-order valence-electron chi connectivity index (χ1n) is 5.04. The van der Waals surface area contributed by atoms with Gasteiger partial charge in [0.05, 0.1) is 12.5 Å². The van der Waals surface area contributed by atoms with Gasteiger partial charge in [0, 0.05) is 12.7 Å². The van der Waals surface area contributed by atoms with E-state index in [-0.39, 0.29) is 5.78 Å². The van der Waals surface area contributed by atoms with Crippen molar-refractivity contribution in [1.82, 2.24) is 0 Å². The van der Waals surface area contributed by atoms with Crippen LogP contribution in [0.25, 0.3) is 0 Å². The largest absolute Gasteiger partial charge is 0.391 e. The number of hydrogen-bond acceptors (Lipinski definition) is 2. The summed E-state index contributed by atoms with van der Waals surface area (Å²) in [5.74, 6) is -0.124. The number of carbonyl (C=O) groups is 1. The molecule has 0 fully saturated rings. The van der Waals surface area contributed by atoms with Crippen LogP contribution in [0.3, 0.4) is 0 Å². The molecule has 0 spiro atoms. The number of benzene rings is 1. The molecule has 0 aromatic heterocycles. The minimum absolute atomic E-state index is 0.124. The molecule has 1 aromatic carbocycles. The molecule has 1 rings (SSSR count). The second-order valence-electron chi connectivity index (χ2n) is 3.72. The first-order chi connectivity index (χ1) is 7.83. The maximum absolute atomic E-state index is 12.3. The van der Waals surface area contributed by atoms with Gasteiger partial charge < -0.3 is 4.74 Å². The SMILES string of the molecule is COC(CC(F)(F)F)c1ccc(C(C)=O)cc1. The van der Waals surface area contributed by atoms with Gasteiger partial charge in [-0.05, 0) is 12.5 Å². The van der Waals surface area contributed by atoms with Crippen LogP contribution in [0, 0.1) is 0 Å². The van der Waals surface area contributed by atoms with Gasteiger partial charge in [0.15, 0.2) is 5.78 Å². The van der Waals surface area contributed by atoms with Gasteiger partial charge in [-0.3, -0.25) is 4.79 Å². The number of halogens is 3. The highest BCUT2D eigenvalue weighted by molar-refractivity contribution is 5.94. The molecule has 17 heavy (non-hydrogen) atoms. The number of methoxy groups -OCH3 is 1. The zero-order valence-electron chi connectivity index (χ0n) is 9.54. The maximum Gasteiger partial charge on any atom is 0.391 e. The van der Waals surface area contributed by atoms with Crippen LogP contribution >= 0.6 is 0 Å². The first kappa shape index (κ1) is 13.7. The van der Waals surface area contributed by atoms with E-state index in [0.717, 1.165) is 0 Å². The van der Waals surface area contributed by atoms with E-state index in [1.807, 2.05) is 0 Å². The van der Waals surface area contributed by atoms with E-state index < -0.39 is 18.7 Å². The van der Waals surface area contributed by atoms with Gasteiger partial charge in [-0.2, -0.15) is 13.2 Å². The predicted octanol–water partition coefficient (Wildman–Crippen LogP) is 3.53.